The summed E-state index contributed by atoms with van der Waals surface area (Å²) in [5, 5.41) is 14.6. The molecular formula is C19H14ClF3N6O. The molecule has 2 heterocycles. The minimum atomic E-state index is -4.46. The molecule has 1 aliphatic heterocycles. The lowest BCUT2D eigenvalue weighted by molar-refractivity contribution is -0.137. The van der Waals surface area contributed by atoms with Gasteiger partial charge in [-0.2, -0.15) is 13.2 Å². The minimum absolute atomic E-state index is 0.174. The van der Waals surface area contributed by atoms with Crippen LogP contribution < -0.4 is 5.32 Å². The maximum absolute atomic E-state index is 13.1. The summed E-state index contributed by atoms with van der Waals surface area (Å²) in [5.74, 6) is -1.06. The number of amides is 1. The third-order valence-electron chi connectivity index (χ3n) is 4.75. The Labute approximate surface area is 173 Å². The van der Waals surface area contributed by atoms with Crippen LogP contribution in [0.5, 0.6) is 0 Å². The van der Waals surface area contributed by atoms with Crippen molar-refractivity contribution in [2.45, 2.75) is 19.1 Å². The summed E-state index contributed by atoms with van der Waals surface area (Å²) in [4.78, 5) is 17.4. The molecule has 154 valence electrons. The Hall–Kier alpha value is -3.27. The Bertz CT molecular complexity index is 1110. The van der Waals surface area contributed by atoms with E-state index in [1.807, 2.05) is 0 Å². The number of anilines is 1. The Morgan fingerprint density at radius 1 is 1.10 bits per heavy atom. The first kappa shape index (κ1) is 20.0. The van der Waals surface area contributed by atoms with Crippen molar-refractivity contribution >= 4 is 34.9 Å². The fraction of sp³-hybridized carbons (Fsp3) is 0.211. The number of halogens is 4. The van der Waals surface area contributed by atoms with Gasteiger partial charge in [0.25, 0.3) is 5.95 Å². The summed E-state index contributed by atoms with van der Waals surface area (Å²) >= 11 is 5.87. The largest absolute Gasteiger partial charge is 0.416 e. The van der Waals surface area contributed by atoms with Crippen LogP contribution in [0.25, 0.3) is 0 Å². The van der Waals surface area contributed by atoms with Crippen molar-refractivity contribution in [1.82, 2.24) is 20.2 Å². The van der Waals surface area contributed by atoms with Gasteiger partial charge in [-0.1, -0.05) is 28.8 Å². The Kier molecular flexibility index (Phi) is 5.02. The molecule has 0 saturated heterocycles. The van der Waals surface area contributed by atoms with E-state index in [9.17, 15) is 18.0 Å². The molecule has 2 unspecified atom stereocenters. The smallest absolute Gasteiger partial charge is 0.325 e. The first-order valence-electron chi connectivity index (χ1n) is 8.80. The first-order chi connectivity index (χ1) is 14.2. The Balaban J connectivity index is 1.72. The lowest BCUT2D eigenvalue weighted by Gasteiger charge is -2.30. The Morgan fingerprint density at radius 2 is 1.77 bits per heavy atom. The number of benzene rings is 2. The normalized spacial score (nSPS) is 18.5. The average molecular weight is 435 g/mol. The van der Waals surface area contributed by atoms with E-state index in [4.69, 9.17) is 11.6 Å². The molecule has 2 aromatic carbocycles. The van der Waals surface area contributed by atoms with Gasteiger partial charge >= 0.3 is 6.18 Å². The summed E-state index contributed by atoms with van der Waals surface area (Å²) in [6.07, 6.45) is -4.46. The van der Waals surface area contributed by atoms with E-state index >= 15 is 0 Å². The van der Waals surface area contributed by atoms with Crippen molar-refractivity contribution < 1.29 is 18.0 Å². The fourth-order valence-corrected chi connectivity index (χ4v) is 3.45. The molecule has 1 aromatic heterocycles. The van der Waals surface area contributed by atoms with Crippen molar-refractivity contribution in [2.75, 3.05) is 5.32 Å². The molecule has 0 spiro atoms. The monoisotopic (exact) mass is 434 g/mol. The van der Waals surface area contributed by atoms with Crippen LogP contribution in [-0.4, -0.2) is 31.8 Å². The fourth-order valence-electron chi connectivity index (χ4n) is 3.33. The zero-order chi connectivity index (χ0) is 21.5. The van der Waals surface area contributed by atoms with E-state index in [2.05, 4.69) is 25.8 Å². The molecular weight excluding hydrogens is 421 g/mol. The molecule has 0 fully saturated rings. The molecule has 0 aliphatic carbocycles. The van der Waals surface area contributed by atoms with Crippen LogP contribution in [0.3, 0.4) is 0 Å². The number of nitrogens with one attached hydrogen (secondary N) is 1. The summed E-state index contributed by atoms with van der Waals surface area (Å²) in [5.41, 5.74) is 0.619. The van der Waals surface area contributed by atoms with Crippen molar-refractivity contribution in [2.24, 2.45) is 10.9 Å². The second-order valence-corrected chi connectivity index (χ2v) is 7.15. The van der Waals surface area contributed by atoms with Crippen molar-refractivity contribution in [3.05, 3.63) is 64.7 Å². The average Bonchev–Trinajstić information content (AvgIpc) is 3.16. The maximum Gasteiger partial charge on any atom is 0.416 e. The summed E-state index contributed by atoms with van der Waals surface area (Å²) in [6.45, 7) is 1.65. The number of fused-ring (bicyclic) bond motifs is 1. The molecule has 0 saturated carbocycles. The molecule has 30 heavy (non-hydrogen) atoms. The van der Waals surface area contributed by atoms with Crippen LogP contribution in [0.1, 0.15) is 24.1 Å². The second-order valence-electron chi connectivity index (χ2n) is 6.72. The van der Waals surface area contributed by atoms with E-state index in [0.717, 1.165) is 12.1 Å². The quantitative estimate of drug-likeness (QED) is 0.666. The van der Waals surface area contributed by atoms with Crippen LogP contribution in [0, 0.1) is 5.92 Å². The van der Waals surface area contributed by atoms with Gasteiger partial charge < -0.3 is 5.32 Å². The van der Waals surface area contributed by atoms with Crippen LogP contribution >= 0.6 is 11.6 Å². The van der Waals surface area contributed by atoms with Gasteiger partial charge in [0.05, 0.1) is 11.6 Å². The maximum atomic E-state index is 13.1. The molecule has 7 nitrogen and oxygen atoms in total. The molecule has 0 bridgehead atoms. The number of aromatic nitrogens is 4. The summed E-state index contributed by atoms with van der Waals surface area (Å²) in [6, 6.07) is 10.4. The number of tetrazole rings is 1. The predicted molar refractivity (Wildman–Crippen MR) is 104 cm³/mol. The summed E-state index contributed by atoms with van der Waals surface area (Å²) in [7, 11) is 0. The number of nitrogens with zero attached hydrogens (tertiary/aromatic N) is 5. The number of alkyl halides is 3. The van der Waals surface area contributed by atoms with Crippen LogP contribution in [-0.2, 0) is 11.0 Å². The van der Waals surface area contributed by atoms with E-state index in [1.54, 1.807) is 31.2 Å². The molecule has 1 N–H and O–H groups in total. The number of carbonyl (C=O) groups excluding carboxylic acids is 1. The SMILES string of the molecule is CC1=Nc2nnnn2C(c2ccc(C(F)(F)F)cc2)C1C(=O)Nc1ccc(Cl)cc1. The second kappa shape index (κ2) is 7.52. The third kappa shape index (κ3) is 3.78. The Morgan fingerprint density at radius 3 is 2.40 bits per heavy atom. The highest BCUT2D eigenvalue weighted by Crippen LogP contribution is 2.37. The molecule has 1 aliphatic rings. The van der Waals surface area contributed by atoms with Gasteiger partial charge in [0.15, 0.2) is 0 Å². The van der Waals surface area contributed by atoms with Crippen molar-refractivity contribution in [1.29, 1.82) is 0 Å². The number of carbonyl (C=O) groups is 1. The van der Waals surface area contributed by atoms with Gasteiger partial charge in [0.1, 0.15) is 5.92 Å². The molecule has 2 atom stereocenters. The van der Waals surface area contributed by atoms with Crippen LogP contribution in [0.4, 0.5) is 24.8 Å². The minimum Gasteiger partial charge on any atom is -0.325 e. The van der Waals surface area contributed by atoms with Gasteiger partial charge in [0, 0.05) is 16.4 Å². The standard InChI is InChI=1S/C19H14ClF3N6O/c1-10-15(17(30)25-14-8-6-13(20)7-9-14)16(29-18(24-10)26-27-28-29)11-2-4-12(5-3-11)19(21,22)23/h2-9,15-16H,1H3,(H,25,30). The number of hydrogen-bond donors (Lipinski definition) is 1. The van der Waals surface area contributed by atoms with Gasteiger partial charge in [0.2, 0.25) is 5.91 Å². The van der Waals surface area contributed by atoms with Crippen LogP contribution in [0.2, 0.25) is 5.02 Å². The van der Waals surface area contributed by atoms with E-state index in [-0.39, 0.29) is 5.95 Å². The number of rotatable bonds is 3. The molecule has 4 rings (SSSR count). The van der Waals surface area contributed by atoms with Gasteiger partial charge in [-0.15, -0.1) is 0 Å². The molecule has 11 heteroatoms. The predicted octanol–water partition coefficient (Wildman–Crippen LogP) is 4.30. The highest BCUT2D eigenvalue weighted by molar-refractivity contribution is 6.30. The van der Waals surface area contributed by atoms with Gasteiger partial charge in [-0.05, 0) is 59.3 Å². The van der Waals surface area contributed by atoms with E-state index < -0.39 is 29.6 Å². The zero-order valence-electron chi connectivity index (χ0n) is 15.4. The zero-order valence-corrected chi connectivity index (χ0v) is 16.2. The lowest BCUT2D eigenvalue weighted by atomic mass is 9.87. The molecule has 1 amide bonds. The highest BCUT2D eigenvalue weighted by atomic mass is 35.5. The topological polar surface area (TPSA) is 85.1 Å². The number of hydrogen-bond acceptors (Lipinski definition) is 5. The van der Waals surface area contributed by atoms with E-state index in [0.29, 0.717) is 22.0 Å². The van der Waals surface area contributed by atoms with Crippen LogP contribution in [0.15, 0.2) is 53.5 Å². The third-order valence-corrected chi connectivity index (χ3v) is 5.01. The highest BCUT2D eigenvalue weighted by Gasteiger charge is 2.39. The molecule has 3 aromatic rings. The first-order valence-corrected chi connectivity index (χ1v) is 9.18. The van der Waals surface area contributed by atoms with Crippen molar-refractivity contribution in [3.63, 3.8) is 0 Å². The van der Waals surface area contributed by atoms with Crippen molar-refractivity contribution in [3.8, 4) is 0 Å². The van der Waals surface area contributed by atoms with Gasteiger partial charge in [-0.3, -0.25) is 4.79 Å². The summed E-state index contributed by atoms with van der Waals surface area (Å²) < 4.78 is 40.2. The number of aliphatic imine (C=N–C) groups is 1. The molecule has 0 radical (unpaired) electrons. The lowest BCUT2D eigenvalue weighted by Crippen LogP contribution is -2.39. The van der Waals surface area contributed by atoms with Gasteiger partial charge in [-0.25, -0.2) is 9.67 Å². The van der Waals surface area contributed by atoms with E-state index in [1.165, 1.54) is 16.8 Å².